The highest BCUT2D eigenvalue weighted by atomic mass is 32.2. The van der Waals surface area contributed by atoms with Crippen LogP contribution in [-0.4, -0.2) is 42.6 Å². The fraction of sp³-hybridized carbons (Fsp3) is 0.857. The summed E-state index contributed by atoms with van der Waals surface area (Å²) in [5.41, 5.74) is 0.0379. The highest BCUT2D eigenvalue weighted by Gasteiger charge is 2.40. The molecule has 2 rings (SSSR count). The van der Waals surface area contributed by atoms with Gasteiger partial charge in [-0.1, -0.05) is 0 Å². The van der Waals surface area contributed by atoms with Crippen molar-refractivity contribution in [2.75, 3.05) is 25.2 Å². The molecule has 2 fully saturated rings. The van der Waals surface area contributed by atoms with Crippen molar-refractivity contribution in [3.8, 4) is 0 Å². The summed E-state index contributed by atoms with van der Waals surface area (Å²) in [5.74, 6) is 2.54. The molecule has 108 valence electrons. The first kappa shape index (κ1) is 14.9. The highest BCUT2D eigenvalue weighted by molar-refractivity contribution is 7.99. The Hall–Kier alpha value is -0.550. The largest absolute Gasteiger partial charge is 0.469 e. The monoisotopic (exact) mass is 286 g/mol. The summed E-state index contributed by atoms with van der Waals surface area (Å²) in [6.45, 7) is 0.773. The molecular weight excluding hydrogens is 264 g/mol. The Morgan fingerprint density at radius 3 is 2.95 bits per heavy atom. The van der Waals surface area contributed by atoms with E-state index in [1.165, 1.54) is 12.9 Å². The molecule has 0 bridgehead atoms. The van der Waals surface area contributed by atoms with Crippen molar-refractivity contribution in [3.63, 3.8) is 0 Å². The second-order valence-corrected chi connectivity index (χ2v) is 6.62. The van der Waals surface area contributed by atoms with E-state index >= 15 is 0 Å². The van der Waals surface area contributed by atoms with Gasteiger partial charge < -0.3 is 9.47 Å². The second kappa shape index (κ2) is 6.75. The predicted octanol–water partition coefficient (Wildman–Crippen LogP) is 2.20. The van der Waals surface area contributed by atoms with Gasteiger partial charge in [-0.2, -0.15) is 11.8 Å². The molecule has 0 aromatic carbocycles. The van der Waals surface area contributed by atoms with E-state index in [1.54, 1.807) is 0 Å². The van der Waals surface area contributed by atoms with Gasteiger partial charge in [0.1, 0.15) is 5.78 Å². The van der Waals surface area contributed by atoms with Gasteiger partial charge in [0.2, 0.25) is 0 Å². The number of carbonyl (C=O) groups excluding carboxylic acids is 2. The van der Waals surface area contributed by atoms with Gasteiger partial charge >= 0.3 is 5.97 Å². The maximum Gasteiger partial charge on any atom is 0.305 e. The Morgan fingerprint density at radius 2 is 2.26 bits per heavy atom. The van der Waals surface area contributed by atoms with Crippen molar-refractivity contribution in [2.45, 2.75) is 44.1 Å². The Morgan fingerprint density at radius 1 is 1.42 bits per heavy atom. The van der Waals surface area contributed by atoms with Crippen molar-refractivity contribution in [1.82, 2.24) is 0 Å². The molecule has 19 heavy (non-hydrogen) atoms. The normalized spacial score (nSPS) is 30.5. The standard InChI is InChI=1S/C14H22O4S/c1-17-13(16)3-2-12(15)8-11-4-6-18-14(9-11)5-7-19-10-14/h11H,2-10H2,1H3. The van der Waals surface area contributed by atoms with E-state index in [2.05, 4.69) is 4.74 Å². The summed E-state index contributed by atoms with van der Waals surface area (Å²) in [4.78, 5) is 22.9. The Balaban J connectivity index is 1.75. The molecule has 2 unspecified atom stereocenters. The van der Waals surface area contributed by atoms with E-state index in [0.29, 0.717) is 18.8 Å². The molecule has 2 atom stereocenters. The lowest BCUT2D eigenvalue weighted by atomic mass is 9.82. The first-order valence-corrected chi connectivity index (χ1v) is 8.09. The molecule has 0 N–H and O–H groups in total. The van der Waals surface area contributed by atoms with Gasteiger partial charge in [-0.15, -0.1) is 0 Å². The van der Waals surface area contributed by atoms with Crippen molar-refractivity contribution >= 4 is 23.5 Å². The third-order valence-electron chi connectivity index (χ3n) is 4.01. The lowest BCUT2D eigenvalue weighted by molar-refractivity contribution is -0.142. The summed E-state index contributed by atoms with van der Waals surface area (Å²) >= 11 is 1.95. The Labute approximate surface area is 118 Å². The lowest BCUT2D eigenvalue weighted by Crippen LogP contribution is -2.40. The summed E-state index contributed by atoms with van der Waals surface area (Å²) in [7, 11) is 1.35. The fourth-order valence-electron chi connectivity index (χ4n) is 2.93. The van der Waals surface area contributed by atoms with Gasteiger partial charge in [0.05, 0.1) is 19.1 Å². The molecule has 0 radical (unpaired) electrons. The van der Waals surface area contributed by atoms with Crippen LogP contribution in [0, 0.1) is 5.92 Å². The van der Waals surface area contributed by atoms with E-state index in [4.69, 9.17) is 4.74 Å². The van der Waals surface area contributed by atoms with Crippen LogP contribution in [0.15, 0.2) is 0 Å². The number of carbonyl (C=O) groups is 2. The van der Waals surface area contributed by atoms with Crippen LogP contribution < -0.4 is 0 Å². The molecule has 4 nitrogen and oxygen atoms in total. The Kier molecular flexibility index (Phi) is 5.28. The van der Waals surface area contributed by atoms with Crippen molar-refractivity contribution in [3.05, 3.63) is 0 Å². The van der Waals surface area contributed by atoms with Gasteiger partial charge in [0.15, 0.2) is 0 Å². The summed E-state index contributed by atoms with van der Waals surface area (Å²) < 4.78 is 10.5. The molecule has 0 saturated carbocycles. The van der Waals surface area contributed by atoms with Crippen LogP contribution in [0.3, 0.4) is 0 Å². The summed E-state index contributed by atoms with van der Waals surface area (Å²) in [6, 6.07) is 0. The van der Waals surface area contributed by atoms with Crippen LogP contribution in [0.2, 0.25) is 0 Å². The van der Waals surface area contributed by atoms with Crippen LogP contribution in [-0.2, 0) is 19.1 Å². The number of hydrogen-bond donors (Lipinski definition) is 0. The quantitative estimate of drug-likeness (QED) is 0.725. The van der Waals surface area contributed by atoms with Crippen LogP contribution in [0.25, 0.3) is 0 Å². The number of thioether (sulfide) groups is 1. The van der Waals surface area contributed by atoms with Crippen molar-refractivity contribution < 1.29 is 19.1 Å². The lowest BCUT2D eigenvalue weighted by Gasteiger charge is -2.37. The SMILES string of the molecule is COC(=O)CCC(=O)CC1CCOC2(CCSC2)C1. The second-order valence-electron chi connectivity index (χ2n) is 5.51. The van der Waals surface area contributed by atoms with Crippen molar-refractivity contribution in [1.29, 1.82) is 0 Å². The van der Waals surface area contributed by atoms with Gasteiger partial charge in [-0.05, 0) is 30.9 Å². The third kappa shape index (κ3) is 4.21. The van der Waals surface area contributed by atoms with Crippen molar-refractivity contribution in [2.24, 2.45) is 5.92 Å². The number of hydrogen-bond acceptors (Lipinski definition) is 5. The number of Topliss-reactive ketones (excluding diaryl/α,β-unsaturated/α-hetero) is 1. The van der Waals surface area contributed by atoms with Gasteiger partial charge in [0, 0.05) is 25.2 Å². The first-order valence-electron chi connectivity index (χ1n) is 6.94. The number of ketones is 1. The molecule has 0 aromatic rings. The average Bonchev–Trinajstić information content (AvgIpc) is 2.84. The number of esters is 1. The zero-order valence-corrected chi connectivity index (χ0v) is 12.3. The molecule has 1 spiro atoms. The van der Waals surface area contributed by atoms with E-state index in [-0.39, 0.29) is 23.8 Å². The molecule has 2 aliphatic rings. The molecule has 0 aromatic heterocycles. The van der Waals surface area contributed by atoms with Crippen LogP contribution in [0.1, 0.15) is 38.5 Å². The first-order chi connectivity index (χ1) is 9.13. The Bertz CT molecular complexity index is 336. The van der Waals surface area contributed by atoms with E-state index in [1.807, 2.05) is 11.8 Å². The molecule has 0 amide bonds. The van der Waals surface area contributed by atoms with Crippen LogP contribution in [0.4, 0.5) is 0 Å². The fourth-order valence-corrected chi connectivity index (χ4v) is 4.31. The van der Waals surface area contributed by atoms with Gasteiger partial charge in [0.25, 0.3) is 0 Å². The molecule has 2 heterocycles. The summed E-state index contributed by atoms with van der Waals surface area (Å²) in [6.07, 6.45) is 4.20. The zero-order valence-electron chi connectivity index (χ0n) is 11.5. The van der Waals surface area contributed by atoms with Crippen LogP contribution >= 0.6 is 11.8 Å². The molecule has 2 saturated heterocycles. The minimum Gasteiger partial charge on any atom is -0.469 e. The maximum absolute atomic E-state index is 11.9. The zero-order chi connectivity index (χ0) is 13.7. The molecular formula is C14H22O4S. The molecule has 0 aliphatic carbocycles. The highest BCUT2D eigenvalue weighted by Crippen LogP contribution is 2.41. The summed E-state index contributed by atoms with van der Waals surface area (Å²) in [5, 5.41) is 0. The predicted molar refractivity (Wildman–Crippen MR) is 74.2 cm³/mol. The van der Waals surface area contributed by atoms with E-state index in [0.717, 1.165) is 31.6 Å². The topological polar surface area (TPSA) is 52.6 Å². The molecule has 5 heteroatoms. The van der Waals surface area contributed by atoms with Crippen LogP contribution in [0.5, 0.6) is 0 Å². The van der Waals surface area contributed by atoms with Gasteiger partial charge in [-0.3, -0.25) is 9.59 Å². The minimum atomic E-state index is -0.302. The average molecular weight is 286 g/mol. The third-order valence-corrected chi connectivity index (χ3v) is 5.24. The molecule has 2 aliphatic heterocycles. The van der Waals surface area contributed by atoms with E-state index in [9.17, 15) is 9.59 Å². The minimum absolute atomic E-state index is 0.0379. The van der Waals surface area contributed by atoms with Gasteiger partial charge in [-0.25, -0.2) is 0 Å². The maximum atomic E-state index is 11.9. The number of ether oxygens (including phenoxy) is 2. The number of methoxy groups -OCH3 is 1. The van der Waals surface area contributed by atoms with E-state index < -0.39 is 0 Å². The smallest absolute Gasteiger partial charge is 0.305 e. The number of rotatable bonds is 5.